The van der Waals surface area contributed by atoms with Crippen molar-refractivity contribution in [1.29, 1.82) is 5.26 Å². The molecule has 1 saturated carbocycles. The van der Waals surface area contributed by atoms with Crippen molar-refractivity contribution >= 4 is 17.4 Å². The van der Waals surface area contributed by atoms with Gasteiger partial charge in [-0.1, -0.05) is 0 Å². The van der Waals surface area contributed by atoms with Crippen LogP contribution in [0.15, 0.2) is 6.07 Å². The Bertz CT molecular complexity index is 789. The molecule has 0 spiro atoms. The highest BCUT2D eigenvalue weighted by Gasteiger charge is 2.33. The molecular formula is C22H34N6O2. The van der Waals surface area contributed by atoms with Gasteiger partial charge in [-0.3, -0.25) is 4.79 Å². The third-order valence-electron chi connectivity index (χ3n) is 5.97. The molecule has 164 valence electrons. The number of aromatic nitrogens is 1. The first-order chi connectivity index (χ1) is 14.5. The Morgan fingerprint density at radius 1 is 1.43 bits per heavy atom. The first kappa shape index (κ1) is 22.3. The highest BCUT2D eigenvalue weighted by molar-refractivity contribution is 5.77. The fraction of sp³-hybridized carbons (Fsp3) is 0.682. The fourth-order valence-corrected chi connectivity index (χ4v) is 4.05. The van der Waals surface area contributed by atoms with Gasteiger partial charge in [0.1, 0.15) is 11.9 Å². The molecule has 1 aliphatic carbocycles. The molecule has 1 N–H and O–H groups in total. The molecule has 2 aliphatic rings. The van der Waals surface area contributed by atoms with E-state index in [1.54, 1.807) is 7.11 Å². The van der Waals surface area contributed by atoms with Crippen LogP contribution in [0.3, 0.4) is 0 Å². The first-order valence-corrected chi connectivity index (χ1v) is 10.8. The van der Waals surface area contributed by atoms with Gasteiger partial charge in [0.2, 0.25) is 5.91 Å². The number of ether oxygens (including phenoxy) is 1. The van der Waals surface area contributed by atoms with Gasteiger partial charge in [-0.2, -0.15) is 5.26 Å². The zero-order chi connectivity index (χ0) is 21.7. The molecule has 0 radical (unpaired) electrons. The average Bonchev–Trinajstić information content (AvgIpc) is 3.60. The van der Waals surface area contributed by atoms with Gasteiger partial charge in [0.25, 0.3) is 0 Å². The summed E-state index contributed by atoms with van der Waals surface area (Å²) < 4.78 is 5.04. The van der Waals surface area contributed by atoms with Gasteiger partial charge in [0, 0.05) is 58.8 Å². The van der Waals surface area contributed by atoms with E-state index in [2.05, 4.69) is 35.2 Å². The van der Waals surface area contributed by atoms with Gasteiger partial charge in [0.15, 0.2) is 0 Å². The van der Waals surface area contributed by atoms with E-state index in [1.165, 1.54) is 0 Å². The van der Waals surface area contributed by atoms with E-state index in [9.17, 15) is 10.1 Å². The summed E-state index contributed by atoms with van der Waals surface area (Å²) in [5.74, 6) is 1.37. The molecule has 3 rings (SSSR count). The number of hydrogen-bond donors (Lipinski definition) is 1. The number of hydrogen-bond acceptors (Lipinski definition) is 7. The second-order valence-corrected chi connectivity index (χ2v) is 8.30. The molecule has 0 bridgehead atoms. The molecule has 1 unspecified atom stereocenters. The van der Waals surface area contributed by atoms with E-state index < -0.39 is 0 Å². The number of rotatable bonds is 9. The number of carbonyl (C=O) groups is 1. The highest BCUT2D eigenvalue weighted by atomic mass is 16.5. The van der Waals surface area contributed by atoms with Crippen LogP contribution < -0.4 is 15.1 Å². The third kappa shape index (κ3) is 5.02. The topological polar surface area (TPSA) is 84.7 Å². The van der Waals surface area contributed by atoms with Crippen LogP contribution in [0.25, 0.3) is 0 Å². The third-order valence-corrected chi connectivity index (χ3v) is 5.97. The van der Waals surface area contributed by atoms with E-state index in [-0.39, 0.29) is 11.9 Å². The number of likely N-dealkylation sites (N-methyl/N-ethyl adjacent to an activating group) is 2. The van der Waals surface area contributed by atoms with Crippen LogP contribution in [0.2, 0.25) is 0 Å². The monoisotopic (exact) mass is 414 g/mol. The summed E-state index contributed by atoms with van der Waals surface area (Å²) in [4.78, 5) is 23.8. The molecule has 8 nitrogen and oxygen atoms in total. The Morgan fingerprint density at radius 3 is 2.80 bits per heavy atom. The van der Waals surface area contributed by atoms with E-state index in [0.717, 1.165) is 43.1 Å². The van der Waals surface area contributed by atoms with Crippen LogP contribution in [0.5, 0.6) is 0 Å². The van der Waals surface area contributed by atoms with Crippen molar-refractivity contribution in [3.8, 4) is 6.07 Å². The Labute approximate surface area is 179 Å². The number of amides is 1. The van der Waals surface area contributed by atoms with Gasteiger partial charge >= 0.3 is 0 Å². The van der Waals surface area contributed by atoms with Crippen molar-refractivity contribution < 1.29 is 9.53 Å². The summed E-state index contributed by atoms with van der Waals surface area (Å²) in [5, 5.41) is 13.0. The lowest BCUT2D eigenvalue weighted by atomic mass is 10.1. The summed E-state index contributed by atoms with van der Waals surface area (Å²) in [6.45, 7) is 6.24. The van der Waals surface area contributed by atoms with Gasteiger partial charge < -0.3 is 24.8 Å². The summed E-state index contributed by atoms with van der Waals surface area (Å²) >= 11 is 0. The van der Waals surface area contributed by atoms with Crippen molar-refractivity contribution in [2.75, 3.05) is 70.3 Å². The van der Waals surface area contributed by atoms with Crippen LogP contribution in [0.4, 0.5) is 11.5 Å². The van der Waals surface area contributed by atoms with Crippen molar-refractivity contribution in [1.82, 2.24) is 15.2 Å². The number of nitriles is 1. The largest absolute Gasteiger partial charge is 0.384 e. The maximum atomic E-state index is 12.4. The van der Waals surface area contributed by atoms with Crippen LogP contribution in [-0.4, -0.2) is 82.4 Å². The molecule has 1 atom stereocenters. The summed E-state index contributed by atoms with van der Waals surface area (Å²) in [6.07, 6.45) is 2.72. The number of nitrogens with one attached hydrogen (secondary N) is 1. The standard InChI is InChI=1S/C22H34N6O2/c1-16-15-27(10-11-28(16)20(29)7-12-30-4)22-18(14-23)13-19(26(3)9-8-24-2)21(25-22)17-5-6-17/h13,16-17,24H,5-12,15H2,1-4H3. The quantitative estimate of drug-likeness (QED) is 0.656. The Kier molecular flexibility index (Phi) is 7.51. The minimum Gasteiger partial charge on any atom is -0.384 e. The number of methoxy groups -OCH3 is 1. The zero-order valence-electron chi connectivity index (χ0n) is 18.6. The smallest absolute Gasteiger partial charge is 0.225 e. The van der Waals surface area contributed by atoms with E-state index in [4.69, 9.17) is 9.72 Å². The van der Waals surface area contributed by atoms with Crippen molar-refractivity contribution in [2.24, 2.45) is 0 Å². The van der Waals surface area contributed by atoms with Gasteiger partial charge in [-0.05, 0) is 32.9 Å². The number of anilines is 2. The SMILES string of the molecule is CNCCN(C)c1cc(C#N)c(N2CCN(C(=O)CCOC)C(C)C2)nc1C1CC1. The summed E-state index contributed by atoms with van der Waals surface area (Å²) in [7, 11) is 5.62. The highest BCUT2D eigenvalue weighted by Crippen LogP contribution is 2.44. The number of carbonyl (C=O) groups excluding carboxylic acids is 1. The van der Waals surface area contributed by atoms with Gasteiger partial charge in [-0.25, -0.2) is 4.98 Å². The number of nitrogens with zero attached hydrogens (tertiary/aromatic N) is 5. The summed E-state index contributed by atoms with van der Waals surface area (Å²) in [5.41, 5.74) is 2.78. The molecule has 1 amide bonds. The van der Waals surface area contributed by atoms with Crippen LogP contribution in [0.1, 0.15) is 43.4 Å². The maximum absolute atomic E-state index is 12.4. The number of piperazine rings is 1. The lowest BCUT2D eigenvalue weighted by molar-refractivity contribution is -0.134. The van der Waals surface area contributed by atoms with Gasteiger partial charge in [-0.15, -0.1) is 0 Å². The van der Waals surface area contributed by atoms with Crippen molar-refractivity contribution in [3.05, 3.63) is 17.3 Å². The Balaban J connectivity index is 1.81. The molecule has 1 aromatic heterocycles. The van der Waals surface area contributed by atoms with Crippen LogP contribution in [0, 0.1) is 11.3 Å². The summed E-state index contributed by atoms with van der Waals surface area (Å²) in [6, 6.07) is 4.44. The van der Waals surface area contributed by atoms with Gasteiger partial charge in [0.05, 0.1) is 30.0 Å². The zero-order valence-corrected chi connectivity index (χ0v) is 18.6. The first-order valence-electron chi connectivity index (χ1n) is 10.8. The predicted octanol–water partition coefficient (Wildman–Crippen LogP) is 1.56. The lowest BCUT2D eigenvalue weighted by Crippen LogP contribution is -2.54. The molecule has 30 heavy (non-hydrogen) atoms. The van der Waals surface area contributed by atoms with Crippen molar-refractivity contribution in [2.45, 2.75) is 38.1 Å². The van der Waals surface area contributed by atoms with Crippen molar-refractivity contribution in [3.63, 3.8) is 0 Å². The van der Waals surface area contributed by atoms with E-state index in [1.807, 2.05) is 18.0 Å². The number of pyridine rings is 1. The molecule has 1 aromatic rings. The molecule has 2 fully saturated rings. The molecule has 0 aromatic carbocycles. The van der Waals surface area contributed by atoms with E-state index >= 15 is 0 Å². The van der Waals surface area contributed by atoms with Crippen LogP contribution >= 0.6 is 0 Å². The molecule has 2 heterocycles. The fourth-order valence-electron chi connectivity index (χ4n) is 4.05. The molecular weight excluding hydrogens is 380 g/mol. The predicted molar refractivity (Wildman–Crippen MR) is 118 cm³/mol. The average molecular weight is 415 g/mol. The Morgan fingerprint density at radius 2 is 2.20 bits per heavy atom. The Hall–Kier alpha value is -2.37. The maximum Gasteiger partial charge on any atom is 0.225 e. The molecule has 8 heteroatoms. The lowest BCUT2D eigenvalue weighted by Gasteiger charge is -2.41. The normalized spacial score (nSPS) is 19.0. The minimum atomic E-state index is 0.0683. The minimum absolute atomic E-state index is 0.0683. The van der Waals surface area contributed by atoms with E-state index in [0.29, 0.717) is 44.1 Å². The second kappa shape index (κ2) is 10.1. The molecule has 1 aliphatic heterocycles. The van der Waals surface area contributed by atoms with Crippen LogP contribution in [-0.2, 0) is 9.53 Å². The molecule has 1 saturated heterocycles. The second-order valence-electron chi connectivity index (χ2n) is 8.30.